The lowest BCUT2D eigenvalue weighted by atomic mass is 9.94. The lowest BCUT2D eigenvalue weighted by molar-refractivity contribution is -0.138. The molecular weight excluding hydrogens is 406 g/mol. The van der Waals surface area contributed by atoms with Crippen LogP contribution in [0.2, 0.25) is 0 Å². The molecule has 3 N–H and O–H groups in total. The van der Waals surface area contributed by atoms with Crippen LogP contribution in [0, 0.1) is 0 Å². The highest BCUT2D eigenvalue weighted by molar-refractivity contribution is 7.78. The van der Waals surface area contributed by atoms with Crippen LogP contribution < -0.4 is 15.8 Å². The monoisotopic (exact) mass is 430 g/mol. The molecule has 4 atom stereocenters. The Morgan fingerprint density at radius 3 is 2.47 bits per heavy atom. The van der Waals surface area contributed by atoms with Crippen LogP contribution in [0.4, 0.5) is 5.69 Å². The van der Waals surface area contributed by atoms with Gasteiger partial charge < -0.3 is 15.0 Å². The minimum atomic E-state index is -2.16. The van der Waals surface area contributed by atoms with Gasteiger partial charge in [0.15, 0.2) is 0 Å². The maximum absolute atomic E-state index is 13.0. The zero-order valence-electron chi connectivity index (χ0n) is 16.7. The Balaban J connectivity index is 1.72. The molecule has 2 aromatic rings. The zero-order chi connectivity index (χ0) is 21.9. The SMILES string of the molecule is CC(NC(=O)C1(C)CC(C(=O)O)N(c2ccccc2)N1)c1ccc(CS(=O)[O-])cc1. The van der Waals surface area contributed by atoms with Crippen molar-refractivity contribution < 1.29 is 23.5 Å². The van der Waals surface area contributed by atoms with E-state index in [9.17, 15) is 23.5 Å². The normalized spacial score (nSPS) is 23.0. The van der Waals surface area contributed by atoms with Crippen LogP contribution in [0.25, 0.3) is 0 Å². The first-order valence-electron chi connectivity index (χ1n) is 9.50. The summed E-state index contributed by atoms with van der Waals surface area (Å²) in [5.74, 6) is -1.39. The molecule has 1 heterocycles. The number of benzene rings is 2. The van der Waals surface area contributed by atoms with E-state index in [-0.39, 0.29) is 24.1 Å². The van der Waals surface area contributed by atoms with Gasteiger partial charge in [0, 0.05) is 12.2 Å². The third kappa shape index (κ3) is 4.86. The van der Waals surface area contributed by atoms with E-state index in [0.29, 0.717) is 11.3 Å². The minimum absolute atomic E-state index is 0.0606. The number of nitrogens with zero attached hydrogens (tertiary/aromatic N) is 1. The third-order valence-electron chi connectivity index (χ3n) is 5.21. The molecule has 1 aliphatic heterocycles. The van der Waals surface area contributed by atoms with Crippen molar-refractivity contribution in [3.63, 3.8) is 0 Å². The molecule has 0 spiro atoms. The fourth-order valence-electron chi connectivity index (χ4n) is 3.52. The van der Waals surface area contributed by atoms with Crippen molar-refractivity contribution in [1.82, 2.24) is 10.7 Å². The highest BCUT2D eigenvalue weighted by Crippen LogP contribution is 2.30. The molecule has 0 saturated carbocycles. The predicted octanol–water partition coefficient (Wildman–Crippen LogP) is 1.87. The predicted molar refractivity (Wildman–Crippen MR) is 112 cm³/mol. The van der Waals surface area contributed by atoms with Gasteiger partial charge in [0.2, 0.25) is 5.91 Å². The molecule has 1 saturated heterocycles. The smallest absolute Gasteiger partial charge is 0.328 e. The second-order valence-electron chi connectivity index (χ2n) is 7.59. The topological polar surface area (TPSA) is 122 Å². The first-order valence-corrected chi connectivity index (χ1v) is 10.7. The summed E-state index contributed by atoms with van der Waals surface area (Å²) < 4.78 is 21.6. The van der Waals surface area contributed by atoms with Gasteiger partial charge in [-0.25, -0.2) is 10.2 Å². The van der Waals surface area contributed by atoms with Crippen LogP contribution in [0.1, 0.15) is 37.4 Å². The van der Waals surface area contributed by atoms with E-state index >= 15 is 0 Å². The summed E-state index contributed by atoms with van der Waals surface area (Å²) in [4.78, 5) is 24.8. The average Bonchev–Trinajstić information content (AvgIpc) is 3.08. The molecule has 0 aromatic heterocycles. The van der Waals surface area contributed by atoms with Crippen LogP contribution in [-0.4, -0.2) is 37.3 Å². The second kappa shape index (κ2) is 8.95. The Hall–Kier alpha value is -2.75. The largest absolute Gasteiger partial charge is 0.772 e. The maximum atomic E-state index is 13.0. The van der Waals surface area contributed by atoms with E-state index < -0.39 is 28.6 Å². The van der Waals surface area contributed by atoms with Crippen LogP contribution in [0.3, 0.4) is 0 Å². The number of carbonyl (C=O) groups is 2. The summed E-state index contributed by atoms with van der Waals surface area (Å²) in [7, 11) is 0. The number of carboxylic acid groups (broad SMARTS) is 1. The van der Waals surface area contributed by atoms with Gasteiger partial charge in [-0.05, 0) is 37.1 Å². The molecule has 0 aliphatic carbocycles. The van der Waals surface area contributed by atoms with E-state index in [4.69, 9.17) is 0 Å². The summed E-state index contributed by atoms with van der Waals surface area (Å²) in [6.07, 6.45) is 0.101. The molecule has 2 aromatic carbocycles. The van der Waals surface area contributed by atoms with Gasteiger partial charge in [-0.1, -0.05) is 53.5 Å². The minimum Gasteiger partial charge on any atom is -0.772 e. The van der Waals surface area contributed by atoms with Crippen molar-refractivity contribution in [2.75, 3.05) is 5.01 Å². The summed E-state index contributed by atoms with van der Waals surface area (Å²) >= 11 is -2.16. The second-order valence-corrected chi connectivity index (χ2v) is 8.49. The highest BCUT2D eigenvalue weighted by Gasteiger charge is 2.48. The van der Waals surface area contributed by atoms with Crippen molar-refractivity contribution in [1.29, 1.82) is 0 Å². The number of para-hydroxylation sites is 1. The van der Waals surface area contributed by atoms with Crippen LogP contribution in [0.15, 0.2) is 54.6 Å². The van der Waals surface area contributed by atoms with Gasteiger partial charge in [0.1, 0.15) is 11.6 Å². The average molecular weight is 431 g/mol. The van der Waals surface area contributed by atoms with Gasteiger partial charge in [-0.3, -0.25) is 14.0 Å². The number of hydrogen-bond acceptors (Lipinski definition) is 6. The number of nitrogens with one attached hydrogen (secondary N) is 2. The molecule has 0 bridgehead atoms. The fraction of sp³-hybridized carbons (Fsp3) is 0.333. The van der Waals surface area contributed by atoms with E-state index in [1.165, 1.54) is 5.01 Å². The van der Waals surface area contributed by atoms with E-state index in [1.54, 1.807) is 55.5 Å². The van der Waals surface area contributed by atoms with Crippen LogP contribution >= 0.6 is 0 Å². The van der Waals surface area contributed by atoms with Crippen molar-refractivity contribution in [2.45, 2.75) is 43.6 Å². The number of hydrogen-bond donors (Lipinski definition) is 3. The van der Waals surface area contributed by atoms with Crippen molar-refractivity contribution >= 4 is 28.6 Å². The van der Waals surface area contributed by atoms with Crippen LogP contribution in [0.5, 0.6) is 0 Å². The molecule has 1 amide bonds. The molecule has 8 nitrogen and oxygen atoms in total. The number of anilines is 1. The van der Waals surface area contributed by atoms with E-state index in [1.807, 2.05) is 13.0 Å². The van der Waals surface area contributed by atoms with Gasteiger partial charge in [-0.2, -0.15) is 0 Å². The fourth-order valence-corrected chi connectivity index (χ4v) is 3.98. The van der Waals surface area contributed by atoms with Gasteiger partial charge in [-0.15, -0.1) is 0 Å². The summed E-state index contributed by atoms with van der Waals surface area (Å²) in [5.41, 5.74) is 4.12. The molecule has 160 valence electrons. The Kier molecular flexibility index (Phi) is 6.55. The summed E-state index contributed by atoms with van der Waals surface area (Å²) in [6, 6.07) is 14.8. The lowest BCUT2D eigenvalue weighted by Crippen LogP contribution is -2.55. The Morgan fingerprint density at radius 1 is 1.27 bits per heavy atom. The van der Waals surface area contributed by atoms with Crippen LogP contribution in [-0.2, 0) is 26.4 Å². The number of aliphatic carboxylic acids is 1. The molecule has 3 rings (SSSR count). The maximum Gasteiger partial charge on any atom is 0.328 e. The number of amides is 1. The molecular formula is C21H24N3O5S-. The van der Waals surface area contributed by atoms with Crippen molar-refractivity contribution in [3.8, 4) is 0 Å². The number of carbonyl (C=O) groups excluding carboxylic acids is 1. The molecule has 1 aliphatic rings. The molecule has 0 radical (unpaired) electrons. The number of hydrazine groups is 1. The Bertz CT molecular complexity index is 937. The third-order valence-corrected chi connectivity index (χ3v) is 5.78. The van der Waals surface area contributed by atoms with Gasteiger partial charge in [0.25, 0.3) is 0 Å². The standard InChI is InChI=1S/C21H25N3O5S/c1-14(16-10-8-15(9-11-16)13-30(28)29)22-20(27)21(2)12-18(19(25)26)24(23-21)17-6-4-3-5-7-17/h3-11,14,18,23H,12-13H2,1-2H3,(H,22,27)(H,25,26)(H,28,29)/p-1. The van der Waals surface area contributed by atoms with Crippen molar-refractivity contribution in [2.24, 2.45) is 0 Å². The lowest BCUT2D eigenvalue weighted by Gasteiger charge is -2.28. The summed E-state index contributed by atoms with van der Waals surface area (Å²) in [6.45, 7) is 3.50. The highest BCUT2D eigenvalue weighted by atomic mass is 32.2. The van der Waals surface area contributed by atoms with Gasteiger partial charge in [0.05, 0.1) is 11.7 Å². The zero-order valence-corrected chi connectivity index (χ0v) is 17.5. The quantitative estimate of drug-likeness (QED) is 0.573. The molecule has 4 unspecified atom stereocenters. The Morgan fingerprint density at radius 2 is 1.90 bits per heavy atom. The van der Waals surface area contributed by atoms with Crippen molar-refractivity contribution in [3.05, 3.63) is 65.7 Å². The van der Waals surface area contributed by atoms with E-state index in [0.717, 1.165) is 5.56 Å². The molecule has 30 heavy (non-hydrogen) atoms. The van der Waals surface area contributed by atoms with E-state index in [2.05, 4.69) is 10.7 Å². The Labute approximate surface area is 177 Å². The number of carboxylic acids is 1. The molecule has 9 heteroatoms. The first kappa shape index (κ1) is 21.9. The summed E-state index contributed by atoms with van der Waals surface area (Å²) in [5, 5.41) is 14.1. The molecule has 1 fully saturated rings. The first-order chi connectivity index (χ1) is 14.2. The number of rotatable bonds is 7. The van der Waals surface area contributed by atoms with Gasteiger partial charge >= 0.3 is 5.97 Å².